The van der Waals surface area contributed by atoms with E-state index in [9.17, 15) is 13.2 Å². The number of anilines is 1. The molecule has 3 nitrogen and oxygen atoms in total. The summed E-state index contributed by atoms with van der Waals surface area (Å²) in [4.78, 5) is 3.64. The normalized spacial score (nSPS) is 13.6. The Hall–Kier alpha value is -0.820. The minimum atomic E-state index is -4.48. The maximum Gasteiger partial charge on any atom is 0.419 e. The maximum atomic E-state index is 12.6. The van der Waals surface area contributed by atoms with E-state index in [0.717, 1.165) is 6.07 Å². The summed E-state index contributed by atoms with van der Waals surface area (Å²) in [6.45, 7) is 1.29. The van der Waals surface area contributed by atoms with Gasteiger partial charge in [0.25, 0.3) is 0 Å². The molecule has 16 heavy (non-hydrogen) atoms. The Morgan fingerprint density at radius 3 is 2.69 bits per heavy atom. The maximum absolute atomic E-state index is 12.6. The number of pyridine rings is 1. The number of alkyl halides is 3. The van der Waals surface area contributed by atoms with E-state index in [1.54, 1.807) is 6.92 Å². The van der Waals surface area contributed by atoms with E-state index in [1.807, 2.05) is 0 Å². The molecule has 0 bridgehead atoms. The van der Waals surface area contributed by atoms with Gasteiger partial charge in [0, 0.05) is 16.7 Å². The highest BCUT2D eigenvalue weighted by atomic mass is 79.9. The highest BCUT2D eigenvalue weighted by Gasteiger charge is 2.34. The molecule has 1 rings (SSSR count). The first kappa shape index (κ1) is 13.2. The van der Waals surface area contributed by atoms with Crippen LogP contribution >= 0.6 is 15.9 Å². The lowest BCUT2D eigenvalue weighted by Gasteiger charge is -2.16. The molecule has 1 aromatic rings. The zero-order valence-electron chi connectivity index (χ0n) is 8.35. The van der Waals surface area contributed by atoms with Gasteiger partial charge in [-0.2, -0.15) is 13.2 Å². The third-order valence-electron chi connectivity index (χ3n) is 1.82. The van der Waals surface area contributed by atoms with Crippen LogP contribution in [0.3, 0.4) is 0 Å². The molecule has 0 fully saturated rings. The summed E-state index contributed by atoms with van der Waals surface area (Å²) < 4.78 is 38.1. The molecular weight excluding hydrogens is 289 g/mol. The predicted molar refractivity (Wildman–Crippen MR) is 57.1 cm³/mol. The van der Waals surface area contributed by atoms with Gasteiger partial charge in [0.05, 0.1) is 12.2 Å². The second kappa shape index (κ2) is 5.01. The standard InChI is InChI=1S/C9H10BrF3N2O/c1-5(4-16)15-8-7(9(11,12)13)2-6(10)3-14-8/h2-3,5,16H,4H2,1H3,(H,14,15). The summed E-state index contributed by atoms with van der Waals surface area (Å²) in [6.07, 6.45) is -3.21. The van der Waals surface area contributed by atoms with Crippen LogP contribution in [0.4, 0.5) is 19.0 Å². The van der Waals surface area contributed by atoms with Gasteiger partial charge in [-0.15, -0.1) is 0 Å². The van der Waals surface area contributed by atoms with Crippen LogP contribution in [0.15, 0.2) is 16.7 Å². The van der Waals surface area contributed by atoms with Crippen LogP contribution in [0.25, 0.3) is 0 Å². The van der Waals surface area contributed by atoms with Crippen molar-refractivity contribution in [1.82, 2.24) is 4.98 Å². The summed E-state index contributed by atoms with van der Waals surface area (Å²) >= 11 is 2.93. The van der Waals surface area contributed by atoms with Gasteiger partial charge in [-0.3, -0.25) is 0 Å². The summed E-state index contributed by atoms with van der Waals surface area (Å²) in [7, 11) is 0. The number of aliphatic hydroxyl groups excluding tert-OH is 1. The molecule has 0 aliphatic heterocycles. The fourth-order valence-electron chi connectivity index (χ4n) is 1.05. The van der Waals surface area contributed by atoms with Crippen molar-refractivity contribution in [3.05, 3.63) is 22.3 Å². The highest BCUT2D eigenvalue weighted by molar-refractivity contribution is 9.10. The SMILES string of the molecule is CC(CO)Nc1ncc(Br)cc1C(F)(F)F. The van der Waals surface area contributed by atoms with Gasteiger partial charge >= 0.3 is 6.18 Å². The summed E-state index contributed by atoms with van der Waals surface area (Å²) in [5, 5.41) is 11.3. The zero-order valence-corrected chi connectivity index (χ0v) is 9.93. The van der Waals surface area contributed by atoms with Crippen molar-refractivity contribution in [2.75, 3.05) is 11.9 Å². The van der Waals surface area contributed by atoms with Crippen LogP contribution in [0.1, 0.15) is 12.5 Å². The second-order valence-corrected chi connectivity index (χ2v) is 4.19. The monoisotopic (exact) mass is 298 g/mol. The molecule has 0 amide bonds. The zero-order chi connectivity index (χ0) is 12.3. The van der Waals surface area contributed by atoms with Gasteiger partial charge in [-0.1, -0.05) is 0 Å². The molecule has 7 heteroatoms. The topological polar surface area (TPSA) is 45.1 Å². The molecule has 2 N–H and O–H groups in total. The first-order valence-electron chi connectivity index (χ1n) is 4.44. The number of halogens is 4. The lowest BCUT2D eigenvalue weighted by molar-refractivity contribution is -0.137. The van der Waals surface area contributed by atoms with Gasteiger partial charge in [-0.05, 0) is 28.9 Å². The molecule has 0 aliphatic carbocycles. The molecule has 90 valence electrons. The van der Waals surface area contributed by atoms with E-state index in [4.69, 9.17) is 5.11 Å². The number of hydrogen-bond donors (Lipinski definition) is 2. The number of nitrogens with zero attached hydrogens (tertiary/aromatic N) is 1. The first-order chi connectivity index (χ1) is 7.34. The minimum Gasteiger partial charge on any atom is -0.394 e. The molecule has 0 saturated heterocycles. The van der Waals surface area contributed by atoms with Gasteiger partial charge in [-0.25, -0.2) is 4.98 Å². The molecular formula is C9H10BrF3N2O. The Bertz CT molecular complexity index is 370. The Morgan fingerprint density at radius 1 is 1.56 bits per heavy atom. The smallest absolute Gasteiger partial charge is 0.394 e. The van der Waals surface area contributed by atoms with Crippen LogP contribution < -0.4 is 5.32 Å². The summed E-state index contributed by atoms with van der Waals surface area (Å²) in [6, 6.07) is 0.453. The van der Waals surface area contributed by atoms with Crippen LogP contribution in [-0.4, -0.2) is 22.7 Å². The molecule has 1 unspecified atom stereocenters. The van der Waals surface area contributed by atoms with Crippen molar-refractivity contribution in [3.63, 3.8) is 0 Å². The van der Waals surface area contributed by atoms with Crippen molar-refractivity contribution in [1.29, 1.82) is 0 Å². The summed E-state index contributed by atoms with van der Waals surface area (Å²) in [5.41, 5.74) is -0.859. The van der Waals surface area contributed by atoms with Gasteiger partial charge in [0.1, 0.15) is 5.82 Å². The Kier molecular flexibility index (Phi) is 4.15. The second-order valence-electron chi connectivity index (χ2n) is 3.28. The number of rotatable bonds is 3. The van der Waals surface area contributed by atoms with Crippen molar-refractivity contribution in [3.8, 4) is 0 Å². The fourth-order valence-corrected chi connectivity index (χ4v) is 1.38. The molecule has 0 aliphatic rings. The quantitative estimate of drug-likeness (QED) is 0.902. The molecule has 1 heterocycles. The average molecular weight is 299 g/mol. The summed E-state index contributed by atoms with van der Waals surface area (Å²) in [5.74, 6) is -0.280. The van der Waals surface area contributed by atoms with Crippen molar-refractivity contribution in [2.45, 2.75) is 19.1 Å². The van der Waals surface area contributed by atoms with Crippen LogP contribution in [0, 0.1) is 0 Å². The average Bonchev–Trinajstić information content (AvgIpc) is 2.19. The first-order valence-corrected chi connectivity index (χ1v) is 5.24. The van der Waals surface area contributed by atoms with E-state index in [1.165, 1.54) is 6.20 Å². The van der Waals surface area contributed by atoms with E-state index < -0.39 is 17.8 Å². The highest BCUT2D eigenvalue weighted by Crippen LogP contribution is 2.35. The largest absolute Gasteiger partial charge is 0.419 e. The van der Waals surface area contributed by atoms with Gasteiger partial charge in [0.2, 0.25) is 0 Å². The minimum absolute atomic E-state index is 0.252. The molecule has 0 saturated carbocycles. The van der Waals surface area contributed by atoms with Crippen LogP contribution in [0.2, 0.25) is 0 Å². The molecule has 1 atom stereocenters. The predicted octanol–water partition coefficient (Wildman–Crippen LogP) is 2.66. The van der Waals surface area contributed by atoms with Crippen molar-refractivity contribution < 1.29 is 18.3 Å². The third-order valence-corrected chi connectivity index (χ3v) is 2.25. The van der Waals surface area contributed by atoms with Gasteiger partial charge in [0.15, 0.2) is 0 Å². The molecule has 0 radical (unpaired) electrons. The number of hydrogen-bond acceptors (Lipinski definition) is 3. The lowest BCUT2D eigenvalue weighted by atomic mass is 10.2. The number of aromatic nitrogens is 1. The van der Waals surface area contributed by atoms with Gasteiger partial charge < -0.3 is 10.4 Å². The molecule has 0 spiro atoms. The van der Waals surface area contributed by atoms with E-state index in [0.29, 0.717) is 0 Å². The Labute approximate surface area is 98.8 Å². The van der Waals surface area contributed by atoms with Crippen LogP contribution in [0.5, 0.6) is 0 Å². The number of nitrogens with one attached hydrogen (secondary N) is 1. The van der Waals surface area contributed by atoms with E-state index in [2.05, 4.69) is 26.2 Å². The Balaban J connectivity index is 3.08. The Morgan fingerprint density at radius 2 is 2.19 bits per heavy atom. The van der Waals surface area contributed by atoms with Crippen molar-refractivity contribution in [2.24, 2.45) is 0 Å². The lowest BCUT2D eigenvalue weighted by Crippen LogP contribution is -2.22. The van der Waals surface area contributed by atoms with Crippen molar-refractivity contribution >= 4 is 21.7 Å². The molecule has 1 aromatic heterocycles. The fraction of sp³-hybridized carbons (Fsp3) is 0.444. The van der Waals surface area contributed by atoms with E-state index in [-0.39, 0.29) is 16.9 Å². The van der Waals surface area contributed by atoms with E-state index >= 15 is 0 Å². The molecule has 0 aromatic carbocycles. The number of aliphatic hydroxyl groups is 1. The van der Waals surface area contributed by atoms with Crippen LogP contribution in [-0.2, 0) is 6.18 Å². The third kappa shape index (κ3) is 3.34.